The molecule has 1 heterocycles. The van der Waals surface area contributed by atoms with Gasteiger partial charge in [0.2, 0.25) is 0 Å². The van der Waals surface area contributed by atoms with Crippen molar-refractivity contribution in [2.45, 2.75) is 52.5 Å². The molecule has 110 valence electrons. The molecule has 1 fully saturated rings. The van der Waals surface area contributed by atoms with Gasteiger partial charge in [-0.2, -0.15) is 0 Å². The van der Waals surface area contributed by atoms with Gasteiger partial charge in [-0.3, -0.25) is 4.79 Å². The second kappa shape index (κ2) is 5.57. The van der Waals surface area contributed by atoms with Gasteiger partial charge < -0.3 is 4.84 Å². The molecule has 1 saturated heterocycles. The average Bonchev–Trinajstić information content (AvgIpc) is 2.44. The van der Waals surface area contributed by atoms with E-state index in [0.29, 0.717) is 6.42 Å². The molecule has 1 unspecified atom stereocenters. The van der Waals surface area contributed by atoms with Gasteiger partial charge in [-0.05, 0) is 30.7 Å². The van der Waals surface area contributed by atoms with Crippen LogP contribution in [-0.2, 0) is 15.2 Å². The lowest BCUT2D eigenvalue weighted by atomic mass is 9.64. The largest absolute Gasteiger partial charge is 0.367 e. The highest BCUT2D eigenvalue weighted by Crippen LogP contribution is 2.50. The lowest BCUT2D eigenvalue weighted by Crippen LogP contribution is -2.57. The minimum atomic E-state index is -0.294. The Morgan fingerprint density at radius 2 is 1.90 bits per heavy atom. The van der Waals surface area contributed by atoms with Crippen LogP contribution in [0.4, 0.5) is 0 Å². The summed E-state index contributed by atoms with van der Waals surface area (Å²) in [5.41, 5.74) is 0.950. The van der Waals surface area contributed by atoms with E-state index in [2.05, 4.69) is 32.9 Å². The number of rotatable bonds is 3. The van der Waals surface area contributed by atoms with Crippen LogP contribution in [0.3, 0.4) is 0 Å². The van der Waals surface area contributed by atoms with Crippen LogP contribution in [-0.4, -0.2) is 17.6 Å². The van der Waals surface area contributed by atoms with E-state index >= 15 is 0 Å². The molecule has 0 spiro atoms. The molecule has 1 atom stereocenters. The fourth-order valence-corrected chi connectivity index (χ4v) is 3.09. The highest BCUT2D eigenvalue weighted by Gasteiger charge is 2.51. The Labute approximate surface area is 121 Å². The second-order valence-electron chi connectivity index (χ2n) is 6.34. The normalized spacial score (nSPS) is 26.2. The van der Waals surface area contributed by atoms with Gasteiger partial charge in [0.1, 0.15) is 0 Å². The first kappa shape index (κ1) is 15.0. The SMILES string of the molecule is CCC(=O)ON1CCCC(C)(C)C1(C)c1ccccc1. The molecule has 0 bridgehead atoms. The maximum atomic E-state index is 11.7. The first-order chi connectivity index (χ1) is 9.41. The summed E-state index contributed by atoms with van der Waals surface area (Å²) in [6.07, 6.45) is 2.58. The van der Waals surface area contributed by atoms with E-state index in [1.54, 1.807) is 0 Å². The highest BCUT2D eigenvalue weighted by atomic mass is 16.7. The van der Waals surface area contributed by atoms with E-state index in [1.165, 1.54) is 5.56 Å². The lowest BCUT2D eigenvalue weighted by molar-refractivity contribution is -0.256. The summed E-state index contributed by atoms with van der Waals surface area (Å²) in [4.78, 5) is 17.4. The molecule has 3 heteroatoms. The molecule has 1 aromatic carbocycles. The van der Waals surface area contributed by atoms with E-state index in [4.69, 9.17) is 4.84 Å². The van der Waals surface area contributed by atoms with E-state index < -0.39 is 0 Å². The molecule has 1 aromatic rings. The first-order valence-corrected chi connectivity index (χ1v) is 7.46. The lowest BCUT2D eigenvalue weighted by Gasteiger charge is -2.53. The molecule has 3 nitrogen and oxygen atoms in total. The van der Waals surface area contributed by atoms with E-state index in [-0.39, 0.29) is 16.9 Å². The number of piperidine rings is 1. The molecule has 1 aliphatic rings. The van der Waals surface area contributed by atoms with Crippen molar-refractivity contribution in [1.29, 1.82) is 0 Å². The maximum absolute atomic E-state index is 11.7. The molecule has 20 heavy (non-hydrogen) atoms. The number of carbonyl (C=O) groups is 1. The van der Waals surface area contributed by atoms with Crippen LogP contribution >= 0.6 is 0 Å². The third kappa shape index (κ3) is 2.47. The number of hydroxylamine groups is 2. The summed E-state index contributed by atoms with van der Waals surface area (Å²) in [7, 11) is 0. The Kier molecular flexibility index (Phi) is 4.19. The Bertz CT molecular complexity index is 469. The zero-order valence-electron chi connectivity index (χ0n) is 13.0. The standard InChI is InChI=1S/C17H25NO2/c1-5-15(19)20-18-13-9-12-16(2,3)17(18,4)14-10-7-6-8-11-14/h6-8,10-11H,5,9,12-13H2,1-4H3. The van der Waals surface area contributed by atoms with Crippen molar-refractivity contribution < 1.29 is 9.63 Å². The van der Waals surface area contributed by atoms with Gasteiger partial charge in [0, 0.05) is 13.0 Å². The monoisotopic (exact) mass is 275 g/mol. The molecule has 0 aliphatic carbocycles. The van der Waals surface area contributed by atoms with Gasteiger partial charge in [-0.15, -0.1) is 5.06 Å². The van der Waals surface area contributed by atoms with Crippen molar-refractivity contribution in [2.24, 2.45) is 5.41 Å². The third-order valence-electron chi connectivity index (χ3n) is 4.82. The average molecular weight is 275 g/mol. The van der Waals surface area contributed by atoms with E-state index in [9.17, 15) is 4.79 Å². The first-order valence-electron chi connectivity index (χ1n) is 7.46. The minimum Gasteiger partial charge on any atom is -0.367 e. The zero-order chi connectivity index (χ0) is 14.8. The predicted molar refractivity (Wildman–Crippen MR) is 79.9 cm³/mol. The van der Waals surface area contributed by atoms with E-state index in [0.717, 1.165) is 19.4 Å². The number of hydrogen-bond acceptors (Lipinski definition) is 3. The van der Waals surface area contributed by atoms with Crippen molar-refractivity contribution in [3.63, 3.8) is 0 Å². The Morgan fingerprint density at radius 1 is 1.25 bits per heavy atom. The summed E-state index contributed by atoms with van der Waals surface area (Å²) in [5, 5.41) is 1.90. The van der Waals surface area contributed by atoms with Gasteiger partial charge in [-0.1, -0.05) is 51.1 Å². The minimum absolute atomic E-state index is 0.0423. The summed E-state index contributed by atoms with van der Waals surface area (Å²) in [6.45, 7) is 9.32. The fourth-order valence-electron chi connectivity index (χ4n) is 3.09. The number of carbonyl (C=O) groups excluding carboxylic acids is 1. The van der Waals surface area contributed by atoms with Gasteiger partial charge in [0.25, 0.3) is 0 Å². The Balaban J connectivity index is 2.42. The zero-order valence-corrected chi connectivity index (χ0v) is 13.0. The van der Waals surface area contributed by atoms with Gasteiger partial charge in [0.15, 0.2) is 0 Å². The molecular formula is C17H25NO2. The molecule has 0 radical (unpaired) electrons. The maximum Gasteiger partial charge on any atom is 0.324 e. The van der Waals surface area contributed by atoms with E-state index in [1.807, 2.05) is 30.2 Å². The van der Waals surface area contributed by atoms with Crippen LogP contribution in [0.5, 0.6) is 0 Å². The van der Waals surface area contributed by atoms with Crippen LogP contribution in [0.25, 0.3) is 0 Å². The van der Waals surface area contributed by atoms with Crippen LogP contribution < -0.4 is 0 Å². The molecule has 0 saturated carbocycles. The van der Waals surface area contributed by atoms with Crippen LogP contribution in [0.15, 0.2) is 30.3 Å². The topological polar surface area (TPSA) is 29.5 Å². The van der Waals surface area contributed by atoms with Gasteiger partial charge in [0.05, 0.1) is 5.54 Å². The van der Waals surface area contributed by atoms with Crippen molar-refractivity contribution in [2.75, 3.05) is 6.54 Å². The summed E-state index contributed by atoms with van der Waals surface area (Å²) in [5.74, 6) is -0.162. The molecule has 1 aliphatic heterocycles. The molecule has 0 amide bonds. The van der Waals surface area contributed by atoms with Gasteiger partial charge in [-0.25, -0.2) is 0 Å². The number of benzene rings is 1. The third-order valence-corrected chi connectivity index (χ3v) is 4.82. The molecule has 0 N–H and O–H groups in total. The highest BCUT2D eigenvalue weighted by molar-refractivity contribution is 5.68. The van der Waals surface area contributed by atoms with Crippen molar-refractivity contribution in [1.82, 2.24) is 5.06 Å². The smallest absolute Gasteiger partial charge is 0.324 e. The predicted octanol–water partition coefficient (Wildman–Crippen LogP) is 3.89. The fraction of sp³-hybridized carbons (Fsp3) is 0.588. The van der Waals surface area contributed by atoms with Gasteiger partial charge >= 0.3 is 5.97 Å². The Hall–Kier alpha value is -1.35. The summed E-state index contributed by atoms with van der Waals surface area (Å²) in [6, 6.07) is 10.4. The van der Waals surface area contributed by atoms with Crippen molar-refractivity contribution >= 4 is 5.97 Å². The molecule has 2 rings (SSSR count). The Morgan fingerprint density at radius 3 is 2.50 bits per heavy atom. The van der Waals surface area contributed by atoms with Crippen molar-refractivity contribution in [3.8, 4) is 0 Å². The molecule has 0 aromatic heterocycles. The summed E-state index contributed by atoms with van der Waals surface area (Å²) >= 11 is 0. The van der Waals surface area contributed by atoms with Crippen molar-refractivity contribution in [3.05, 3.63) is 35.9 Å². The quantitative estimate of drug-likeness (QED) is 0.838. The van der Waals surface area contributed by atoms with Crippen LogP contribution in [0, 0.1) is 5.41 Å². The van der Waals surface area contributed by atoms with Crippen LogP contribution in [0.2, 0.25) is 0 Å². The number of hydrogen-bond donors (Lipinski definition) is 0. The summed E-state index contributed by atoms with van der Waals surface area (Å²) < 4.78 is 0. The molecular weight excluding hydrogens is 250 g/mol. The van der Waals surface area contributed by atoms with Crippen LogP contribution in [0.1, 0.15) is 52.5 Å². The number of nitrogens with zero attached hydrogens (tertiary/aromatic N) is 1. The second-order valence-corrected chi connectivity index (χ2v) is 6.34.